The second-order valence-electron chi connectivity index (χ2n) is 0.564. The Kier molecular flexibility index (Phi) is 13.2. The molecule has 7 heavy (non-hydrogen) atoms. The van der Waals surface area contributed by atoms with Crippen LogP contribution in [0.3, 0.4) is 0 Å². The summed E-state index contributed by atoms with van der Waals surface area (Å²) in [6.07, 6.45) is 0. The molecule has 0 aromatic carbocycles. The fraction of sp³-hybridized carbons (Fsp3) is 1.00. The summed E-state index contributed by atoms with van der Waals surface area (Å²) in [5, 5.41) is 7.57. The summed E-state index contributed by atoms with van der Waals surface area (Å²) in [5.74, 6) is 0. The molecule has 0 aliphatic rings. The Bertz CT molecular complexity index is 24.1. The minimum atomic E-state index is -3.67. The van der Waals surface area contributed by atoms with E-state index in [0.29, 0.717) is 0 Å². The number of hydrogen-bond acceptors (Lipinski definition) is 1. The van der Waals surface area contributed by atoms with Gasteiger partial charge < -0.3 is 5.11 Å². The minimum Gasteiger partial charge on any atom is -0.397 e. The predicted molar refractivity (Wildman–Crippen MR) is 21.8 cm³/mol. The highest BCUT2D eigenvalue weighted by Crippen LogP contribution is 1.80. The van der Waals surface area contributed by atoms with Crippen LogP contribution in [0, 0.1) is 0 Å². The number of aliphatic hydroxyl groups is 1. The summed E-state index contributed by atoms with van der Waals surface area (Å²) < 4.78 is 29.0. The van der Waals surface area contributed by atoms with Gasteiger partial charge in [0.15, 0.2) is 0 Å². The highest BCUT2D eigenvalue weighted by atomic mass is 19.4. The van der Waals surface area contributed by atoms with Crippen LogP contribution in [0.2, 0.25) is 0 Å². The molecule has 0 fully saturated rings. The monoisotopic (exact) mass is 114 g/mol. The Balaban J connectivity index is 0. The second-order valence-corrected chi connectivity index (χ2v) is 0.564. The smallest absolute Gasteiger partial charge is 0.397 e. The Labute approximate surface area is 40.4 Å². The van der Waals surface area contributed by atoms with Gasteiger partial charge in [-0.25, -0.2) is 0 Å². The molecule has 0 saturated heterocycles. The van der Waals surface area contributed by atoms with Crippen molar-refractivity contribution in [1.82, 2.24) is 0 Å². The van der Waals surface area contributed by atoms with Gasteiger partial charge in [-0.05, 0) is 6.92 Å². The van der Waals surface area contributed by atoms with Crippen molar-refractivity contribution < 1.29 is 18.1 Å². The molecule has 1 N–H and O–H groups in total. The van der Waals surface area contributed by atoms with Crippen LogP contribution in [0.1, 0.15) is 6.92 Å². The molecule has 0 rings (SSSR count). The number of halogens is 3. The van der Waals surface area contributed by atoms with Crippen LogP contribution in [-0.4, -0.2) is 19.3 Å². The van der Waals surface area contributed by atoms with E-state index in [1.165, 1.54) is 0 Å². The summed E-state index contributed by atoms with van der Waals surface area (Å²) in [4.78, 5) is 0. The second kappa shape index (κ2) is 9.26. The summed E-state index contributed by atoms with van der Waals surface area (Å²) in [7, 11) is -3.67. The van der Waals surface area contributed by atoms with Gasteiger partial charge in [0.05, 0.1) is 0 Å². The molecule has 0 heterocycles. The first-order chi connectivity index (χ1) is 3.15. The molecule has 0 aromatic heterocycles. The third-order valence-electron chi connectivity index (χ3n) is 0. The van der Waals surface area contributed by atoms with E-state index in [4.69, 9.17) is 5.11 Å². The summed E-state index contributed by atoms with van der Waals surface area (Å²) in [6, 6.07) is 0. The van der Waals surface area contributed by atoms with Crippen molar-refractivity contribution in [3.8, 4) is 0 Å². The van der Waals surface area contributed by atoms with Crippen LogP contribution in [0.15, 0.2) is 0 Å². The van der Waals surface area contributed by atoms with Gasteiger partial charge in [-0.15, -0.1) is 0 Å². The van der Waals surface area contributed by atoms with Gasteiger partial charge in [0.2, 0.25) is 0 Å². The first-order valence-corrected chi connectivity index (χ1v) is 1.68. The van der Waals surface area contributed by atoms with Crippen molar-refractivity contribution in [2.75, 3.05) is 6.61 Å². The maximum atomic E-state index is 9.67. The van der Waals surface area contributed by atoms with Gasteiger partial charge >= 0.3 is 7.54 Å². The lowest BCUT2D eigenvalue weighted by molar-refractivity contribution is 0.318. The van der Waals surface area contributed by atoms with Gasteiger partial charge in [0.1, 0.15) is 0 Å². The van der Waals surface area contributed by atoms with Crippen molar-refractivity contribution in [2.45, 2.75) is 6.92 Å². The quantitative estimate of drug-likeness (QED) is 0.463. The molecule has 0 aromatic rings. The van der Waals surface area contributed by atoms with E-state index >= 15 is 0 Å². The van der Waals surface area contributed by atoms with Crippen molar-refractivity contribution in [3.05, 3.63) is 0 Å². The van der Waals surface area contributed by atoms with E-state index in [1.54, 1.807) is 6.92 Å². The topological polar surface area (TPSA) is 20.2 Å². The highest BCUT2D eigenvalue weighted by molar-refractivity contribution is 6.33. The normalized spacial score (nSPS) is 6.43. The molecular weight excluding hydrogens is 108 g/mol. The molecule has 0 radical (unpaired) electrons. The molecular formula is C2H6BF3O. The van der Waals surface area contributed by atoms with Gasteiger partial charge in [0, 0.05) is 6.61 Å². The molecule has 0 saturated carbocycles. The van der Waals surface area contributed by atoms with Crippen molar-refractivity contribution in [2.24, 2.45) is 0 Å². The molecule has 44 valence electrons. The predicted octanol–water partition coefficient (Wildman–Crippen LogP) is 0.878. The van der Waals surface area contributed by atoms with E-state index < -0.39 is 7.54 Å². The van der Waals surface area contributed by atoms with Gasteiger partial charge in [-0.1, -0.05) is 0 Å². The molecule has 0 aliphatic carbocycles. The average molecular weight is 114 g/mol. The first-order valence-electron chi connectivity index (χ1n) is 1.68. The fourth-order valence-corrected chi connectivity index (χ4v) is 0. The van der Waals surface area contributed by atoms with E-state index in [0.717, 1.165) is 0 Å². The molecule has 0 spiro atoms. The maximum Gasteiger partial charge on any atom is 0.762 e. The van der Waals surface area contributed by atoms with Crippen LogP contribution >= 0.6 is 0 Å². The lowest BCUT2D eigenvalue weighted by Gasteiger charge is -1.55. The Hall–Kier alpha value is -0.185. The Morgan fingerprint density at radius 3 is 1.43 bits per heavy atom. The molecule has 0 aliphatic heterocycles. The Morgan fingerprint density at radius 2 is 1.43 bits per heavy atom. The fourth-order valence-electron chi connectivity index (χ4n) is 0. The average Bonchev–Trinajstić information content (AvgIpc) is 1.33. The summed E-state index contributed by atoms with van der Waals surface area (Å²) >= 11 is 0. The van der Waals surface area contributed by atoms with Crippen LogP contribution in [-0.2, 0) is 0 Å². The van der Waals surface area contributed by atoms with Crippen molar-refractivity contribution in [1.29, 1.82) is 0 Å². The number of rotatable bonds is 0. The largest absolute Gasteiger partial charge is 0.762 e. The van der Waals surface area contributed by atoms with Crippen LogP contribution in [0.4, 0.5) is 12.9 Å². The first kappa shape index (κ1) is 9.94. The third kappa shape index (κ3) is 2470. The highest BCUT2D eigenvalue weighted by Gasteiger charge is 2.06. The van der Waals surface area contributed by atoms with E-state index in [9.17, 15) is 12.9 Å². The van der Waals surface area contributed by atoms with Crippen molar-refractivity contribution in [3.63, 3.8) is 0 Å². The van der Waals surface area contributed by atoms with E-state index in [-0.39, 0.29) is 6.61 Å². The lowest BCUT2D eigenvalue weighted by Crippen LogP contribution is -1.76. The van der Waals surface area contributed by atoms with Gasteiger partial charge in [-0.2, -0.15) is 0 Å². The SMILES string of the molecule is CCO.FB(F)F. The molecule has 0 amide bonds. The van der Waals surface area contributed by atoms with Crippen LogP contribution in [0.25, 0.3) is 0 Å². The zero-order valence-corrected chi connectivity index (χ0v) is 3.87. The molecule has 0 bridgehead atoms. The molecule has 5 heteroatoms. The molecule has 0 atom stereocenters. The van der Waals surface area contributed by atoms with E-state index in [1.807, 2.05) is 0 Å². The lowest BCUT2D eigenvalue weighted by atomic mass is 10.5. The van der Waals surface area contributed by atoms with Crippen molar-refractivity contribution >= 4 is 7.54 Å². The zero-order valence-electron chi connectivity index (χ0n) is 3.87. The molecule has 1 nitrogen and oxygen atoms in total. The third-order valence-corrected chi connectivity index (χ3v) is 0. The number of hydrogen-bond donors (Lipinski definition) is 1. The summed E-state index contributed by atoms with van der Waals surface area (Å²) in [6.45, 7) is 1.93. The van der Waals surface area contributed by atoms with E-state index in [2.05, 4.69) is 0 Å². The van der Waals surface area contributed by atoms with Crippen LogP contribution < -0.4 is 0 Å². The Morgan fingerprint density at radius 1 is 1.43 bits per heavy atom. The van der Waals surface area contributed by atoms with Crippen LogP contribution in [0.5, 0.6) is 0 Å². The zero-order chi connectivity index (χ0) is 6.28. The van der Waals surface area contributed by atoms with Gasteiger partial charge in [-0.3, -0.25) is 12.9 Å². The standard InChI is InChI=1S/C2H6O.BF3/c1-2-3;2-1(3)4/h3H,2H2,1H3;. The maximum absolute atomic E-state index is 9.67. The minimum absolute atomic E-state index is 0.250. The molecule has 0 unspecified atom stereocenters. The van der Waals surface area contributed by atoms with Gasteiger partial charge in [0.25, 0.3) is 0 Å². The summed E-state index contributed by atoms with van der Waals surface area (Å²) in [5.41, 5.74) is 0. The number of aliphatic hydroxyl groups excluding tert-OH is 1.